The smallest absolute Gasteiger partial charge is 0.144 e. The number of aromatic hydroxyl groups is 1. The predicted octanol–water partition coefficient (Wildman–Crippen LogP) is 2.66. The van der Waals surface area contributed by atoms with Crippen molar-refractivity contribution in [2.75, 3.05) is 6.54 Å². The molecule has 0 amide bonds. The van der Waals surface area contributed by atoms with E-state index < -0.39 is 0 Å². The highest BCUT2D eigenvalue weighted by molar-refractivity contribution is 5.87. The van der Waals surface area contributed by atoms with E-state index in [1.165, 1.54) is 0 Å². The molecule has 2 rings (SSSR count). The molecule has 1 aromatic carbocycles. The Morgan fingerprint density at radius 1 is 1.42 bits per heavy atom. The lowest BCUT2D eigenvalue weighted by Gasteiger charge is -2.37. The van der Waals surface area contributed by atoms with E-state index in [9.17, 15) is 9.90 Å². The number of hydrogen-bond donors (Lipinski definition) is 2. The number of Topliss-reactive ketones (excluding diaryl/α,β-unsaturated/α-hetero) is 1. The maximum atomic E-state index is 12.6. The number of ketones is 1. The Bertz CT molecular complexity index is 448. The number of hydrogen-bond acceptors (Lipinski definition) is 3. The molecule has 0 saturated heterocycles. The SMILES string of the molecule is CC1CCC(CN)(C(=O)Cc2cccc(O)c2)CC1. The molecular formula is C16H23NO2. The van der Waals surface area contributed by atoms with E-state index in [4.69, 9.17) is 5.73 Å². The molecule has 0 heterocycles. The molecule has 104 valence electrons. The Morgan fingerprint density at radius 2 is 2.11 bits per heavy atom. The first kappa shape index (κ1) is 14.1. The summed E-state index contributed by atoms with van der Waals surface area (Å²) in [6.07, 6.45) is 4.36. The van der Waals surface area contributed by atoms with Gasteiger partial charge in [-0.15, -0.1) is 0 Å². The van der Waals surface area contributed by atoms with Crippen molar-refractivity contribution in [2.24, 2.45) is 17.1 Å². The number of nitrogens with two attached hydrogens (primary N) is 1. The summed E-state index contributed by atoms with van der Waals surface area (Å²) in [6.45, 7) is 2.68. The molecule has 3 nitrogen and oxygen atoms in total. The van der Waals surface area contributed by atoms with Crippen LogP contribution in [0.3, 0.4) is 0 Å². The standard InChI is InChI=1S/C16H23NO2/c1-12-5-7-16(11-17,8-6-12)15(19)10-13-3-2-4-14(18)9-13/h2-4,9,12,18H,5-8,10-11,17H2,1H3. The van der Waals surface area contributed by atoms with Crippen LogP contribution in [0, 0.1) is 11.3 Å². The van der Waals surface area contributed by atoms with Gasteiger partial charge in [-0.1, -0.05) is 19.1 Å². The van der Waals surface area contributed by atoms with Gasteiger partial charge in [-0.25, -0.2) is 0 Å². The molecule has 1 aromatic rings. The number of phenolic OH excluding ortho intramolecular Hbond substituents is 1. The van der Waals surface area contributed by atoms with Crippen LogP contribution in [0.4, 0.5) is 0 Å². The van der Waals surface area contributed by atoms with Gasteiger partial charge in [-0.3, -0.25) is 4.79 Å². The number of benzene rings is 1. The average molecular weight is 261 g/mol. The van der Waals surface area contributed by atoms with Crippen molar-refractivity contribution in [1.29, 1.82) is 0 Å². The first-order chi connectivity index (χ1) is 9.05. The van der Waals surface area contributed by atoms with Crippen molar-refractivity contribution in [1.82, 2.24) is 0 Å². The maximum absolute atomic E-state index is 12.6. The van der Waals surface area contributed by atoms with E-state index >= 15 is 0 Å². The quantitative estimate of drug-likeness (QED) is 0.875. The van der Waals surface area contributed by atoms with Crippen LogP contribution in [0.1, 0.15) is 38.2 Å². The molecule has 3 heteroatoms. The second-order valence-electron chi connectivity index (χ2n) is 5.94. The fourth-order valence-electron chi connectivity index (χ4n) is 2.95. The van der Waals surface area contributed by atoms with Crippen LogP contribution < -0.4 is 5.73 Å². The van der Waals surface area contributed by atoms with E-state index in [0.717, 1.165) is 31.2 Å². The summed E-state index contributed by atoms with van der Waals surface area (Å²) in [5.41, 5.74) is 6.43. The summed E-state index contributed by atoms with van der Waals surface area (Å²) in [6, 6.07) is 6.94. The molecule has 0 aliphatic heterocycles. The number of phenols is 1. The van der Waals surface area contributed by atoms with Gasteiger partial charge in [0.25, 0.3) is 0 Å². The molecule has 0 aromatic heterocycles. The third-order valence-corrected chi connectivity index (χ3v) is 4.49. The monoisotopic (exact) mass is 261 g/mol. The Labute approximate surface area is 114 Å². The molecule has 1 aliphatic rings. The van der Waals surface area contributed by atoms with Gasteiger partial charge in [0.2, 0.25) is 0 Å². The second-order valence-corrected chi connectivity index (χ2v) is 5.94. The zero-order chi connectivity index (χ0) is 13.9. The zero-order valence-corrected chi connectivity index (χ0v) is 11.6. The van der Waals surface area contributed by atoms with E-state index in [2.05, 4.69) is 6.92 Å². The minimum Gasteiger partial charge on any atom is -0.508 e. The highest BCUT2D eigenvalue weighted by Gasteiger charge is 2.39. The Balaban J connectivity index is 2.09. The summed E-state index contributed by atoms with van der Waals surface area (Å²) in [4.78, 5) is 12.6. The fourth-order valence-corrected chi connectivity index (χ4v) is 2.95. The summed E-state index contributed by atoms with van der Waals surface area (Å²) in [5, 5.41) is 9.46. The van der Waals surface area contributed by atoms with Crippen molar-refractivity contribution in [2.45, 2.75) is 39.0 Å². The topological polar surface area (TPSA) is 63.3 Å². The lowest BCUT2D eigenvalue weighted by Crippen LogP contribution is -2.42. The average Bonchev–Trinajstić information content (AvgIpc) is 2.40. The first-order valence-electron chi connectivity index (χ1n) is 7.07. The fraction of sp³-hybridized carbons (Fsp3) is 0.562. The van der Waals surface area contributed by atoms with Crippen molar-refractivity contribution >= 4 is 5.78 Å². The van der Waals surface area contributed by atoms with Gasteiger partial charge < -0.3 is 10.8 Å². The molecular weight excluding hydrogens is 238 g/mol. The molecule has 0 unspecified atom stereocenters. The van der Waals surface area contributed by atoms with Gasteiger partial charge in [-0.05, 0) is 49.3 Å². The molecule has 19 heavy (non-hydrogen) atoms. The highest BCUT2D eigenvalue weighted by Crippen LogP contribution is 2.39. The zero-order valence-electron chi connectivity index (χ0n) is 11.6. The van der Waals surface area contributed by atoms with Crippen LogP contribution in [0.25, 0.3) is 0 Å². The Hall–Kier alpha value is -1.35. The van der Waals surface area contributed by atoms with Gasteiger partial charge in [0, 0.05) is 18.4 Å². The molecule has 1 aliphatic carbocycles. The van der Waals surface area contributed by atoms with Gasteiger partial charge in [0.15, 0.2) is 0 Å². The third kappa shape index (κ3) is 3.16. The minimum atomic E-state index is -0.335. The van der Waals surface area contributed by atoms with E-state index in [0.29, 0.717) is 18.9 Å². The Morgan fingerprint density at radius 3 is 2.68 bits per heavy atom. The predicted molar refractivity (Wildman–Crippen MR) is 75.9 cm³/mol. The summed E-state index contributed by atoms with van der Waals surface area (Å²) in [7, 11) is 0. The number of carbonyl (C=O) groups is 1. The molecule has 0 bridgehead atoms. The van der Waals surface area contributed by atoms with Crippen molar-refractivity contribution < 1.29 is 9.90 Å². The van der Waals surface area contributed by atoms with Crippen LogP contribution in [-0.4, -0.2) is 17.4 Å². The van der Waals surface area contributed by atoms with Crippen molar-refractivity contribution in [3.05, 3.63) is 29.8 Å². The first-order valence-corrected chi connectivity index (χ1v) is 7.07. The van der Waals surface area contributed by atoms with Gasteiger partial charge in [0.1, 0.15) is 11.5 Å². The van der Waals surface area contributed by atoms with Crippen LogP contribution >= 0.6 is 0 Å². The van der Waals surface area contributed by atoms with Gasteiger partial charge >= 0.3 is 0 Å². The van der Waals surface area contributed by atoms with E-state index in [1.807, 2.05) is 6.07 Å². The van der Waals surface area contributed by atoms with Crippen molar-refractivity contribution in [3.63, 3.8) is 0 Å². The number of carbonyl (C=O) groups excluding carboxylic acids is 1. The largest absolute Gasteiger partial charge is 0.508 e. The molecule has 0 spiro atoms. The lowest BCUT2D eigenvalue weighted by molar-refractivity contribution is -0.129. The third-order valence-electron chi connectivity index (χ3n) is 4.49. The molecule has 1 fully saturated rings. The molecule has 3 N–H and O–H groups in total. The maximum Gasteiger partial charge on any atom is 0.144 e. The lowest BCUT2D eigenvalue weighted by atomic mass is 9.67. The Kier molecular flexibility index (Phi) is 4.25. The van der Waals surface area contributed by atoms with E-state index in [-0.39, 0.29) is 16.9 Å². The normalized spacial score (nSPS) is 27.2. The molecule has 0 atom stereocenters. The minimum absolute atomic E-state index is 0.212. The van der Waals surface area contributed by atoms with Crippen LogP contribution in [-0.2, 0) is 11.2 Å². The molecule has 0 radical (unpaired) electrons. The van der Waals surface area contributed by atoms with Crippen molar-refractivity contribution in [3.8, 4) is 5.75 Å². The van der Waals surface area contributed by atoms with Gasteiger partial charge in [-0.2, -0.15) is 0 Å². The van der Waals surface area contributed by atoms with E-state index in [1.54, 1.807) is 18.2 Å². The van der Waals surface area contributed by atoms with Crippen LogP contribution in [0.2, 0.25) is 0 Å². The molecule has 1 saturated carbocycles. The summed E-state index contributed by atoms with van der Waals surface area (Å²) >= 11 is 0. The van der Waals surface area contributed by atoms with Crippen LogP contribution in [0.5, 0.6) is 5.75 Å². The summed E-state index contributed by atoms with van der Waals surface area (Å²) in [5.74, 6) is 1.14. The van der Waals surface area contributed by atoms with Crippen LogP contribution in [0.15, 0.2) is 24.3 Å². The number of rotatable bonds is 4. The van der Waals surface area contributed by atoms with Gasteiger partial charge in [0.05, 0.1) is 0 Å². The summed E-state index contributed by atoms with van der Waals surface area (Å²) < 4.78 is 0. The second kappa shape index (κ2) is 5.74. The highest BCUT2D eigenvalue weighted by atomic mass is 16.3.